The molecule has 0 saturated heterocycles. The van der Waals surface area contributed by atoms with Gasteiger partial charge in [-0.2, -0.15) is 0 Å². The third kappa shape index (κ3) is 1.99. The van der Waals surface area contributed by atoms with Gasteiger partial charge in [0.2, 0.25) is 0 Å². The fraction of sp³-hybridized carbons (Fsp3) is 0.357. The Morgan fingerprint density at radius 3 is 2.78 bits per heavy atom. The van der Waals surface area contributed by atoms with Crippen LogP contribution in [-0.2, 0) is 19.4 Å². The summed E-state index contributed by atoms with van der Waals surface area (Å²) in [5.74, 6) is 1.14. The third-order valence-corrected chi connectivity index (χ3v) is 3.96. The Balaban J connectivity index is 2.07. The Kier molecular flexibility index (Phi) is 3.22. The van der Waals surface area contributed by atoms with Crippen LogP contribution >= 0.6 is 15.9 Å². The fourth-order valence-corrected chi connectivity index (χ4v) is 2.88. The zero-order valence-corrected chi connectivity index (χ0v) is 11.8. The Bertz CT molecular complexity index is 557. The second kappa shape index (κ2) is 4.86. The quantitative estimate of drug-likeness (QED) is 0.947. The summed E-state index contributed by atoms with van der Waals surface area (Å²) in [6, 6.07) is 8.38. The van der Waals surface area contributed by atoms with Crippen molar-refractivity contribution in [1.29, 1.82) is 0 Å². The first-order valence-corrected chi connectivity index (χ1v) is 7.13. The summed E-state index contributed by atoms with van der Waals surface area (Å²) < 4.78 is 3.45. The normalized spacial score (nSPS) is 13.9. The van der Waals surface area contributed by atoms with Gasteiger partial charge < -0.3 is 10.3 Å². The number of rotatable bonds is 3. The Hall–Kier alpha value is -1.13. The molecule has 2 aromatic rings. The summed E-state index contributed by atoms with van der Waals surface area (Å²) in [6.45, 7) is 1.75. The lowest BCUT2D eigenvalue weighted by molar-refractivity contribution is 0.685. The zero-order valence-electron chi connectivity index (χ0n) is 10.2. The Labute approximate surface area is 115 Å². The molecule has 0 aliphatic carbocycles. The molecule has 1 aliphatic rings. The molecule has 0 radical (unpaired) electrons. The minimum absolute atomic E-state index is 0.663. The highest BCUT2D eigenvalue weighted by Crippen LogP contribution is 2.30. The number of imidazole rings is 1. The summed E-state index contributed by atoms with van der Waals surface area (Å²) in [5.41, 5.74) is 9.38. The van der Waals surface area contributed by atoms with E-state index < -0.39 is 0 Å². The summed E-state index contributed by atoms with van der Waals surface area (Å²) in [5, 5.41) is 0. The van der Waals surface area contributed by atoms with Crippen LogP contribution in [-0.4, -0.2) is 16.1 Å². The smallest absolute Gasteiger partial charge is 0.110 e. The van der Waals surface area contributed by atoms with Crippen molar-refractivity contribution >= 4 is 15.9 Å². The van der Waals surface area contributed by atoms with Crippen molar-refractivity contribution in [3.63, 3.8) is 0 Å². The van der Waals surface area contributed by atoms with Crippen molar-refractivity contribution in [1.82, 2.24) is 9.55 Å². The van der Waals surface area contributed by atoms with Crippen LogP contribution in [0.1, 0.15) is 17.9 Å². The molecule has 0 atom stereocenters. The van der Waals surface area contributed by atoms with Gasteiger partial charge in [-0.25, -0.2) is 4.98 Å². The van der Waals surface area contributed by atoms with Crippen LogP contribution in [0.5, 0.6) is 0 Å². The van der Waals surface area contributed by atoms with Crippen molar-refractivity contribution in [2.75, 3.05) is 6.54 Å². The lowest BCUT2D eigenvalue weighted by atomic mass is 10.1. The SMILES string of the molecule is NCCc1nc(-c2ccc(Br)cc2)c2n1CCC2. The van der Waals surface area contributed by atoms with E-state index in [9.17, 15) is 0 Å². The second-order valence-corrected chi connectivity index (χ2v) is 5.54. The van der Waals surface area contributed by atoms with Gasteiger partial charge in [-0.3, -0.25) is 0 Å². The second-order valence-electron chi connectivity index (χ2n) is 4.62. The first-order valence-electron chi connectivity index (χ1n) is 6.34. The molecule has 1 aromatic carbocycles. The van der Waals surface area contributed by atoms with Crippen LogP contribution < -0.4 is 5.73 Å². The topological polar surface area (TPSA) is 43.8 Å². The van der Waals surface area contributed by atoms with Crippen LogP contribution in [0.4, 0.5) is 0 Å². The first-order chi connectivity index (χ1) is 8.79. The molecule has 94 valence electrons. The van der Waals surface area contributed by atoms with E-state index >= 15 is 0 Å². The van der Waals surface area contributed by atoms with Crippen molar-refractivity contribution in [2.24, 2.45) is 5.73 Å². The van der Waals surface area contributed by atoms with Gasteiger partial charge in [-0.05, 0) is 31.5 Å². The number of nitrogens with zero attached hydrogens (tertiary/aromatic N) is 2. The molecule has 2 N–H and O–H groups in total. The van der Waals surface area contributed by atoms with Crippen LogP contribution in [0.15, 0.2) is 28.7 Å². The van der Waals surface area contributed by atoms with E-state index in [1.54, 1.807) is 0 Å². The Morgan fingerprint density at radius 1 is 1.28 bits per heavy atom. The van der Waals surface area contributed by atoms with Crippen molar-refractivity contribution in [3.05, 3.63) is 40.3 Å². The highest BCUT2D eigenvalue weighted by atomic mass is 79.9. The minimum Gasteiger partial charge on any atom is -0.331 e. The molecular weight excluding hydrogens is 290 g/mol. The van der Waals surface area contributed by atoms with E-state index in [0.717, 1.165) is 35.4 Å². The average Bonchev–Trinajstić information content (AvgIpc) is 2.95. The number of benzene rings is 1. The number of hydrogen-bond donors (Lipinski definition) is 1. The van der Waals surface area contributed by atoms with Crippen molar-refractivity contribution in [3.8, 4) is 11.3 Å². The monoisotopic (exact) mass is 305 g/mol. The summed E-state index contributed by atoms with van der Waals surface area (Å²) in [4.78, 5) is 4.79. The third-order valence-electron chi connectivity index (χ3n) is 3.43. The van der Waals surface area contributed by atoms with Crippen LogP contribution in [0, 0.1) is 0 Å². The van der Waals surface area contributed by atoms with Crippen LogP contribution in [0.3, 0.4) is 0 Å². The molecular formula is C14H16BrN3. The molecule has 18 heavy (non-hydrogen) atoms. The number of aromatic nitrogens is 2. The maximum absolute atomic E-state index is 5.66. The molecule has 1 aliphatic heterocycles. The van der Waals surface area contributed by atoms with Gasteiger partial charge in [0.15, 0.2) is 0 Å². The van der Waals surface area contributed by atoms with Gasteiger partial charge >= 0.3 is 0 Å². The van der Waals surface area contributed by atoms with Gasteiger partial charge in [-0.15, -0.1) is 0 Å². The van der Waals surface area contributed by atoms with Gasteiger partial charge in [0.05, 0.1) is 5.69 Å². The molecule has 4 heteroatoms. The van der Waals surface area contributed by atoms with Crippen LogP contribution in [0.2, 0.25) is 0 Å². The predicted molar refractivity (Wildman–Crippen MR) is 76.4 cm³/mol. The molecule has 0 saturated carbocycles. The fourth-order valence-electron chi connectivity index (χ4n) is 2.62. The van der Waals surface area contributed by atoms with Gasteiger partial charge in [0.1, 0.15) is 5.82 Å². The Morgan fingerprint density at radius 2 is 2.06 bits per heavy atom. The molecule has 0 amide bonds. The number of halogens is 1. The molecule has 0 spiro atoms. The lowest BCUT2D eigenvalue weighted by Crippen LogP contribution is -2.08. The first kappa shape index (κ1) is 11.9. The van der Waals surface area contributed by atoms with E-state index in [1.807, 2.05) is 0 Å². The summed E-state index contributed by atoms with van der Waals surface area (Å²) in [7, 11) is 0. The van der Waals surface area contributed by atoms with E-state index in [2.05, 4.69) is 44.8 Å². The molecule has 0 bridgehead atoms. The molecule has 2 heterocycles. The molecule has 0 fully saturated rings. The van der Waals surface area contributed by atoms with Crippen LogP contribution in [0.25, 0.3) is 11.3 Å². The molecule has 3 rings (SSSR count). The van der Waals surface area contributed by atoms with Gasteiger partial charge in [0.25, 0.3) is 0 Å². The number of nitrogens with two attached hydrogens (primary N) is 1. The van der Waals surface area contributed by atoms with E-state index in [1.165, 1.54) is 17.7 Å². The van der Waals surface area contributed by atoms with Gasteiger partial charge in [-0.1, -0.05) is 28.1 Å². The van der Waals surface area contributed by atoms with E-state index in [0.29, 0.717) is 6.54 Å². The molecule has 1 aromatic heterocycles. The highest BCUT2D eigenvalue weighted by molar-refractivity contribution is 9.10. The largest absolute Gasteiger partial charge is 0.331 e. The van der Waals surface area contributed by atoms with Crippen molar-refractivity contribution < 1.29 is 0 Å². The summed E-state index contributed by atoms with van der Waals surface area (Å²) in [6.07, 6.45) is 3.21. The minimum atomic E-state index is 0.663. The maximum atomic E-state index is 5.66. The van der Waals surface area contributed by atoms with E-state index in [-0.39, 0.29) is 0 Å². The lowest BCUT2D eigenvalue weighted by Gasteiger charge is -2.01. The van der Waals surface area contributed by atoms with Crippen molar-refractivity contribution in [2.45, 2.75) is 25.8 Å². The molecule has 0 unspecified atom stereocenters. The summed E-state index contributed by atoms with van der Waals surface area (Å²) >= 11 is 3.47. The number of fused-ring (bicyclic) bond motifs is 1. The predicted octanol–water partition coefficient (Wildman–Crippen LogP) is 2.76. The van der Waals surface area contributed by atoms with Gasteiger partial charge in [0, 0.05) is 28.7 Å². The van der Waals surface area contributed by atoms with E-state index in [4.69, 9.17) is 10.7 Å². The number of hydrogen-bond acceptors (Lipinski definition) is 2. The highest BCUT2D eigenvalue weighted by Gasteiger charge is 2.21. The average molecular weight is 306 g/mol. The molecule has 3 nitrogen and oxygen atoms in total. The maximum Gasteiger partial charge on any atom is 0.110 e. The standard InChI is InChI=1S/C14H16BrN3/c15-11-5-3-10(4-6-11)14-12-2-1-9-18(12)13(17-14)7-8-16/h3-6H,1-2,7-9,16H2. The zero-order chi connectivity index (χ0) is 12.5.